The van der Waals surface area contributed by atoms with E-state index in [9.17, 15) is 9.90 Å². The van der Waals surface area contributed by atoms with Crippen LogP contribution in [0.1, 0.15) is 17.0 Å². The Hall–Kier alpha value is -1.51. The zero-order chi connectivity index (χ0) is 13.8. The molecule has 0 fully saturated rings. The minimum Gasteiger partial charge on any atom is -0.481 e. The van der Waals surface area contributed by atoms with Crippen LogP contribution in [-0.4, -0.2) is 11.1 Å². The van der Waals surface area contributed by atoms with Gasteiger partial charge in [-0.15, -0.1) is 0 Å². The second-order valence-electron chi connectivity index (χ2n) is 4.24. The molecule has 0 amide bonds. The van der Waals surface area contributed by atoms with Crippen LogP contribution in [0.4, 0.5) is 0 Å². The number of carboxylic acids is 1. The second-order valence-corrected chi connectivity index (χ2v) is 5.08. The van der Waals surface area contributed by atoms with Gasteiger partial charge < -0.3 is 5.11 Å². The molecule has 0 spiro atoms. The van der Waals surface area contributed by atoms with Crippen molar-refractivity contribution in [1.29, 1.82) is 0 Å². The quantitative estimate of drug-likeness (QED) is 0.907. The Balaban J connectivity index is 2.29. The van der Waals surface area contributed by atoms with Gasteiger partial charge in [0.25, 0.3) is 0 Å². The molecule has 0 heterocycles. The highest BCUT2D eigenvalue weighted by atomic mass is 35.5. The number of rotatable bonds is 4. The molecule has 2 aromatic carbocycles. The Bertz CT molecular complexity index is 582. The van der Waals surface area contributed by atoms with Crippen molar-refractivity contribution >= 4 is 29.2 Å². The lowest BCUT2D eigenvalue weighted by atomic mass is 9.92. The van der Waals surface area contributed by atoms with E-state index in [0.717, 1.165) is 11.1 Å². The largest absolute Gasteiger partial charge is 0.481 e. The summed E-state index contributed by atoms with van der Waals surface area (Å²) in [7, 11) is 0. The third-order valence-electron chi connectivity index (χ3n) is 2.94. The molecule has 19 heavy (non-hydrogen) atoms. The van der Waals surface area contributed by atoms with Gasteiger partial charge in [-0.05, 0) is 29.7 Å². The number of benzene rings is 2. The average molecular weight is 295 g/mol. The lowest BCUT2D eigenvalue weighted by molar-refractivity contribution is -0.138. The van der Waals surface area contributed by atoms with Crippen LogP contribution in [0.5, 0.6) is 0 Å². The van der Waals surface area contributed by atoms with Crippen molar-refractivity contribution in [1.82, 2.24) is 0 Å². The second kappa shape index (κ2) is 6.09. The summed E-state index contributed by atoms with van der Waals surface area (Å²) in [5.74, 6) is -1.47. The SMILES string of the molecule is O=C(O)[C@@H](Cc1ccc(Cl)cc1Cl)c1ccccc1. The van der Waals surface area contributed by atoms with Gasteiger partial charge in [0.1, 0.15) is 0 Å². The number of hydrogen-bond acceptors (Lipinski definition) is 1. The lowest BCUT2D eigenvalue weighted by Crippen LogP contribution is -2.14. The van der Waals surface area contributed by atoms with Crippen molar-refractivity contribution in [2.24, 2.45) is 0 Å². The van der Waals surface area contributed by atoms with Crippen molar-refractivity contribution in [3.63, 3.8) is 0 Å². The third kappa shape index (κ3) is 3.49. The van der Waals surface area contributed by atoms with Crippen molar-refractivity contribution in [2.45, 2.75) is 12.3 Å². The Morgan fingerprint density at radius 3 is 2.37 bits per heavy atom. The number of carbonyl (C=O) groups is 1. The highest BCUT2D eigenvalue weighted by molar-refractivity contribution is 6.35. The van der Waals surface area contributed by atoms with Crippen LogP contribution in [0.3, 0.4) is 0 Å². The Morgan fingerprint density at radius 2 is 1.79 bits per heavy atom. The van der Waals surface area contributed by atoms with Gasteiger partial charge in [0.2, 0.25) is 0 Å². The van der Waals surface area contributed by atoms with E-state index < -0.39 is 11.9 Å². The molecule has 1 N–H and O–H groups in total. The highest BCUT2D eigenvalue weighted by Crippen LogP contribution is 2.27. The van der Waals surface area contributed by atoms with Crippen molar-refractivity contribution in [2.75, 3.05) is 0 Å². The summed E-state index contributed by atoms with van der Waals surface area (Å²) in [5.41, 5.74) is 1.54. The molecule has 4 heteroatoms. The maximum Gasteiger partial charge on any atom is 0.311 e. The van der Waals surface area contributed by atoms with Crippen LogP contribution < -0.4 is 0 Å². The third-order valence-corrected chi connectivity index (χ3v) is 3.53. The van der Waals surface area contributed by atoms with E-state index in [4.69, 9.17) is 23.2 Å². The summed E-state index contributed by atoms with van der Waals surface area (Å²) in [6.07, 6.45) is 0.343. The number of halogens is 2. The Labute approximate surface area is 121 Å². The molecule has 0 unspecified atom stereocenters. The first kappa shape index (κ1) is 13.9. The van der Waals surface area contributed by atoms with Crippen LogP contribution >= 0.6 is 23.2 Å². The van der Waals surface area contributed by atoms with Gasteiger partial charge in [-0.1, -0.05) is 59.6 Å². The van der Waals surface area contributed by atoms with E-state index in [2.05, 4.69) is 0 Å². The summed E-state index contributed by atoms with van der Waals surface area (Å²) in [5, 5.41) is 10.4. The van der Waals surface area contributed by atoms with Crippen LogP contribution in [0.15, 0.2) is 48.5 Å². The zero-order valence-electron chi connectivity index (χ0n) is 10.0. The summed E-state index contributed by atoms with van der Waals surface area (Å²) < 4.78 is 0. The van der Waals surface area contributed by atoms with E-state index in [-0.39, 0.29) is 0 Å². The minimum absolute atomic E-state index is 0.343. The van der Waals surface area contributed by atoms with E-state index in [1.165, 1.54) is 0 Å². The molecule has 0 aliphatic heterocycles. The molecular weight excluding hydrogens is 283 g/mol. The molecule has 98 valence electrons. The highest BCUT2D eigenvalue weighted by Gasteiger charge is 2.21. The first-order valence-corrected chi connectivity index (χ1v) is 6.55. The summed E-state index contributed by atoms with van der Waals surface area (Å²) >= 11 is 11.9. The van der Waals surface area contributed by atoms with Gasteiger partial charge in [-0.25, -0.2) is 0 Å². The maximum atomic E-state index is 11.4. The zero-order valence-corrected chi connectivity index (χ0v) is 11.5. The van der Waals surface area contributed by atoms with E-state index in [0.29, 0.717) is 16.5 Å². The minimum atomic E-state index is -0.864. The van der Waals surface area contributed by atoms with Gasteiger partial charge in [-0.3, -0.25) is 4.79 Å². The molecule has 2 nitrogen and oxygen atoms in total. The summed E-state index contributed by atoms with van der Waals surface area (Å²) in [6, 6.07) is 14.2. The smallest absolute Gasteiger partial charge is 0.311 e. The molecule has 0 saturated carbocycles. The predicted octanol–water partition coefficient (Wildman–Crippen LogP) is 4.40. The van der Waals surface area contributed by atoms with E-state index in [1.54, 1.807) is 18.2 Å². The Kier molecular flexibility index (Phi) is 4.46. The van der Waals surface area contributed by atoms with Crippen LogP contribution in [-0.2, 0) is 11.2 Å². The van der Waals surface area contributed by atoms with E-state index >= 15 is 0 Å². The molecule has 0 aliphatic rings. The van der Waals surface area contributed by atoms with Gasteiger partial charge in [-0.2, -0.15) is 0 Å². The Morgan fingerprint density at radius 1 is 1.11 bits per heavy atom. The van der Waals surface area contributed by atoms with Gasteiger partial charge in [0.15, 0.2) is 0 Å². The van der Waals surface area contributed by atoms with Crippen LogP contribution in [0.2, 0.25) is 10.0 Å². The fourth-order valence-corrected chi connectivity index (χ4v) is 2.43. The number of hydrogen-bond donors (Lipinski definition) is 1. The standard InChI is InChI=1S/C15H12Cl2O2/c16-12-7-6-11(14(17)9-12)8-13(15(18)19)10-4-2-1-3-5-10/h1-7,9,13H,8H2,(H,18,19)/t13-/m0/s1. The molecular formula is C15H12Cl2O2. The van der Waals surface area contributed by atoms with Crippen LogP contribution in [0.25, 0.3) is 0 Å². The molecule has 1 atom stereocenters. The molecule has 0 aromatic heterocycles. The first-order chi connectivity index (χ1) is 9.08. The molecule has 2 aromatic rings. The topological polar surface area (TPSA) is 37.3 Å². The monoisotopic (exact) mass is 294 g/mol. The van der Waals surface area contributed by atoms with Crippen molar-refractivity contribution in [3.05, 3.63) is 69.7 Å². The average Bonchev–Trinajstić information content (AvgIpc) is 2.38. The molecule has 0 aliphatic carbocycles. The fraction of sp³-hybridized carbons (Fsp3) is 0.133. The molecule has 0 bridgehead atoms. The normalized spacial score (nSPS) is 12.1. The van der Waals surface area contributed by atoms with Crippen molar-refractivity contribution < 1.29 is 9.90 Å². The summed E-state index contributed by atoms with van der Waals surface area (Å²) in [4.78, 5) is 11.4. The van der Waals surface area contributed by atoms with E-state index in [1.807, 2.05) is 30.3 Å². The number of carboxylic acid groups (broad SMARTS) is 1. The number of aliphatic carboxylic acids is 1. The van der Waals surface area contributed by atoms with Gasteiger partial charge >= 0.3 is 5.97 Å². The van der Waals surface area contributed by atoms with Crippen molar-refractivity contribution in [3.8, 4) is 0 Å². The van der Waals surface area contributed by atoms with Gasteiger partial charge in [0, 0.05) is 10.0 Å². The summed E-state index contributed by atoms with van der Waals surface area (Å²) in [6.45, 7) is 0. The lowest BCUT2D eigenvalue weighted by Gasteiger charge is -2.14. The molecule has 0 radical (unpaired) electrons. The predicted molar refractivity (Wildman–Crippen MR) is 77.0 cm³/mol. The fourth-order valence-electron chi connectivity index (χ4n) is 1.94. The van der Waals surface area contributed by atoms with Gasteiger partial charge in [0.05, 0.1) is 5.92 Å². The first-order valence-electron chi connectivity index (χ1n) is 5.79. The molecule has 2 rings (SSSR count). The van der Waals surface area contributed by atoms with Crippen LogP contribution in [0, 0.1) is 0 Å². The molecule has 0 saturated heterocycles. The maximum absolute atomic E-state index is 11.4.